The Labute approximate surface area is 189 Å². The van der Waals surface area contributed by atoms with E-state index >= 15 is 0 Å². The van der Waals surface area contributed by atoms with E-state index in [-0.39, 0.29) is 22.8 Å². The van der Waals surface area contributed by atoms with Gasteiger partial charge in [0, 0.05) is 36.1 Å². The van der Waals surface area contributed by atoms with Crippen LogP contribution in [0.4, 0.5) is 0 Å². The molecule has 8 heteroatoms. The number of hydrogen-bond acceptors (Lipinski definition) is 5. The number of ether oxygens (including phenoxy) is 1. The zero-order chi connectivity index (χ0) is 23.0. The summed E-state index contributed by atoms with van der Waals surface area (Å²) in [7, 11) is -3.66. The van der Waals surface area contributed by atoms with E-state index in [1.807, 2.05) is 19.9 Å². The number of aromatic nitrogens is 1. The molecule has 1 aliphatic heterocycles. The first kappa shape index (κ1) is 22.7. The van der Waals surface area contributed by atoms with Crippen LogP contribution >= 0.6 is 0 Å². The highest BCUT2D eigenvalue weighted by Crippen LogP contribution is 2.38. The van der Waals surface area contributed by atoms with Gasteiger partial charge in [-0.3, -0.25) is 4.79 Å². The van der Waals surface area contributed by atoms with Gasteiger partial charge < -0.3 is 9.30 Å². The second kappa shape index (κ2) is 8.83. The number of ketones is 1. The van der Waals surface area contributed by atoms with Crippen LogP contribution in [0.5, 0.6) is 0 Å². The molecule has 172 valence electrons. The van der Waals surface area contributed by atoms with E-state index in [1.165, 1.54) is 16.4 Å². The fourth-order valence-corrected chi connectivity index (χ4v) is 6.02. The molecule has 0 spiro atoms. The summed E-state index contributed by atoms with van der Waals surface area (Å²) in [5, 5.41) is 0. The Morgan fingerprint density at radius 1 is 1.00 bits per heavy atom. The van der Waals surface area contributed by atoms with Gasteiger partial charge in [-0.1, -0.05) is 12.5 Å². The number of rotatable bonds is 7. The monoisotopic (exact) mass is 458 g/mol. The molecular weight excluding hydrogens is 428 g/mol. The number of benzene rings is 1. The summed E-state index contributed by atoms with van der Waals surface area (Å²) in [5.74, 6) is -0.948. The van der Waals surface area contributed by atoms with Crippen LogP contribution in [0.1, 0.15) is 75.8 Å². The van der Waals surface area contributed by atoms with Crippen LogP contribution in [0.3, 0.4) is 0 Å². The molecule has 7 nitrogen and oxygen atoms in total. The summed E-state index contributed by atoms with van der Waals surface area (Å²) in [6, 6.07) is 6.81. The number of nitrogens with zero attached hydrogens (tertiary/aromatic N) is 2. The third-order valence-electron chi connectivity index (χ3n) is 6.41. The molecule has 1 saturated carbocycles. The zero-order valence-electron chi connectivity index (χ0n) is 18.9. The lowest BCUT2D eigenvalue weighted by molar-refractivity contribution is 0.0473. The van der Waals surface area contributed by atoms with Crippen molar-refractivity contribution in [3.8, 4) is 0 Å². The van der Waals surface area contributed by atoms with Gasteiger partial charge in [-0.05, 0) is 70.2 Å². The van der Waals surface area contributed by atoms with E-state index in [4.69, 9.17) is 4.74 Å². The Balaban J connectivity index is 1.48. The van der Waals surface area contributed by atoms with Crippen molar-refractivity contribution in [2.24, 2.45) is 0 Å². The molecule has 4 rings (SSSR count). The third-order valence-corrected chi connectivity index (χ3v) is 8.31. The van der Waals surface area contributed by atoms with Crippen molar-refractivity contribution in [3.63, 3.8) is 0 Å². The number of esters is 1. The summed E-state index contributed by atoms with van der Waals surface area (Å²) in [6.45, 7) is 6.22. The molecule has 0 amide bonds. The minimum absolute atomic E-state index is 0.0799. The first-order chi connectivity index (χ1) is 15.2. The van der Waals surface area contributed by atoms with Crippen LogP contribution in [0.25, 0.3) is 0 Å². The number of piperidine rings is 1. The van der Waals surface area contributed by atoms with Crippen LogP contribution in [0, 0.1) is 20.8 Å². The predicted molar refractivity (Wildman–Crippen MR) is 121 cm³/mol. The van der Waals surface area contributed by atoms with Gasteiger partial charge >= 0.3 is 5.97 Å². The second-order valence-corrected chi connectivity index (χ2v) is 10.8. The maximum atomic E-state index is 13.0. The van der Waals surface area contributed by atoms with Crippen LogP contribution in [0.2, 0.25) is 0 Å². The van der Waals surface area contributed by atoms with Gasteiger partial charge in [0.1, 0.15) is 0 Å². The van der Waals surface area contributed by atoms with E-state index in [1.54, 1.807) is 13.0 Å². The van der Waals surface area contributed by atoms with Gasteiger partial charge in [0.2, 0.25) is 15.8 Å². The minimum atomic E-state index is -3.66. The average Bonchev–Trinajstić information content (AvgIpc) is 3.56. The molecular formula is C24H30N2O5S. The van der Waals surface area contributed by atoms with Gasteiger partial charge in [0.25, 0.3) is 0 Å². The first-order valence-electron chi connectivity index (χ1n) is 11.2. The summed E-state index contributed by atoms with van der Waals surface area (Å²) < 4.78 is 34.9. The molecule has 2 aliphatic rings. The Morgan fingerprint density at radius 2 is 1.69 bits per heavy atom. The Hall–Kier alpha value is -2.45. The number of carbonyl (C=O) groups excluding carboxylic acids is 2. The molecule has 32 heavy (non-hydrogen) atoms. The third kappa shape index (κ3) is 4.38. The fourth-order valence-electron chi connectivity index (χ4n) is 4.48. The maximum absolute atomic E-state index is 13.0. The average molecular weight is 459 g/mol. The molecule has 1 aromatic heterocycles. The van der Waals surface area contributed by atoms with Crippen molar-refractivity contribution in [2.75, 3.05) is 19.7 Å². The standard InChI is InChI=1S/C24H30N2O5S/c1-16-7-10-20(32(29,30)25-11-5-4-6-12-25)14-21(16)24(28)31-15-23(27)22-13-17(2)26(18(22)3)19-8-9-19/h7,10,13-14,19H,4-6,8-9,11-12,15H2,1-3H3. The topological polar surface area (TPSA) is 85.7 Å². The molecule has 1 aliphatic carbocycles. The molecule has 0 unspecified atom stereocenters. The van der Waals surface area contributed by atoms with Gasteiger partial charge in [-0.15, -0.1) is 0 Å². The lowest BCUT2D eigenvalue weighted by atomic mass is 10.1. The van der Waals surface area contributed by atoms with Crippen LogP contribution in [-0.4, -0.2) is 48.7 Å². The molecule has 2 heterocycles. The van der Waals surface area contributed by atoms with E-state index in [0.717, 1.165) is 43.5 Å². The van der Waals surface area contributed by atoms with Gasteiger partial charge in [-0.25, -0.2) is 13.2 Å². The van der Waals surface area contributed by atoms with E-state index < -0.39 is 16.0 Å². The normalized spacial score (nSPS) is 17.3. The molecule has 1 saturated heterocycles. The fraction of sp³-hybridized carbons (Fsp3) is 0.500. The Morgan fingerprint density at radius 3 is 2.34 bits per heavy atom. The Bertz CT molecular complexity index is 1160. The SMILES string of the molecule is Cc1ccc(S(=O)(=O)N2CCCCC2)cc1C(=O)OCC(=O)c1cc(C)n(C2CC2)c1C. The molecule has 0 radical (unpaired) electrons. The molecule has 2 fully saturated rings. The van der Waals surface area contributed by atoms with Crippen molar-refractivity contribution in [2.45, 2.75) is 63.8 Å². The number of Topliss-reactive ketones (excluding diaryl/α,β-unsaturated/α-hetero) is 1. The number of aryl methyl sites for hydroxylation is 2. The van der Waals surface area contributed by atoms with Crippen LogP contribution in [-0.2, 0) is 14.8 Å². The quantitative estimate of drug-likeness (QED) is 0.463. The minimum Gasteiger partial charge on any atom is -0.454 e. The molecule has 0 atom stereocenters. The van der Waals surface area contributed by atoms with Gasteiger partial charge in [0.05, 0.1) is 10.5 Å². The molecule has 1 aromatic carbocycles. The van der Waals surface area contributed by atoms with E-state index in [0.29, 0.717) is 30.3 Å². The number of carbonyl (C=O) groups is 2. The van der Waals surface area contributed by atoms with Gasteiger partial charge in [-0.2, -0.15) is 4.31 Å². The number of sulfonamides is 1. The smallest absolute Gasteiger partial charge is 0.338 e. The van der Waals surface area contributed by atoms with Crippen molar-refractivity contribution in [1.82, 2.24) is 8.87 Å². The van der Waals surface area contributed by atoms with E-state index in [9.17, 15) is 18.0 Å². The summed E-state index contributed by atoms with van der Waals surface area (Å²) >= 11 is 0. The zero-order valence-corrected chi connectivity index (χ0v) is 19.7. The lowest BCUT2D eigenvalue weighted by Gasteiger charge is -2.26. The molecule has 2 aromatic rings. The highest BCUT2D eigenvalue weighted by molar-refractivity contribution is 7.89. The van der Waals surface area contributed by atoms with Crippen molar-refractivity contribution in [3.05, 3.63) is 52.3 Å². The predicted octanol–water partition coefficient (Wildman–Crippen LogP) is 3.96. The Kier molecular flexibility index (Phi) is 6.27. The highest BCUT2D eigenvalue weighted by Gasteiger charge is 2.29. The number of hydrogen-bond donors (Lipinski definition) is 0. The summed E-state index contributed by atoms with van der Waals surface area (Å²) in [6.07, 6.45) is 4.94. The first-order valence-corrected chi connectivity index (χ1v) is 12.6. The van der Waals surface area contributed by atoms with Crippen molar-refractivity contribution < 1.29 is 22.7 Å². The van der Waals surface area contributed by atoms with Crippen molar-refractivity contribution in [1.29, 1.82) is 0 Å². The highest BCUT2D eigenvalue weighted by atomic mass is 32.2. The summed E-state index contributed by atoms with van der Waals surface area (Å²) in [5.41, 5.74) is 3.27. The second-order valence-electron chi connectivity index (χ2n) is 8.83. The molecule has 0 bridgehead atoms. The van der Waals surface area contributed by atoms with Crippen molar-refractivity contribution >= 4 is 21.8 Å². The lowest BCUT2D eigenvalue weighted by Crippen LogP contribution is -2.35. The van der Waals surface area contributed by atoms with Crippen LogP contribution < -0.4 is 0 Å². The largest absolute Gasteiger partial charge is 0.454 e. The van der Waals surface area contributed by atoms with Gasteiger partial charge in [0.15, 0.2) is 6.61 Å². The maximum Gasteiger partial charge on any atom is 0.338 e. The van der Waals surface area contributed by atoms with Crippen LogP contribution in [0.15, 0.2) is 29.2 Å². The summed E-state index contributed by atoms with van der Waals surface area (Å²) in [4.78, 5) is 25.6. The molecule has 0 N–H and O–H groups in total. The van der Waals surface area contributed by atoms with E-state index in [2.05, 4.69) is 4.57 Å².